The van der Waals surface area contributed by atoms with Gasteiger partial charge in [0.25, 0.3) is 0 Å². The molecule has 0 aromatic heterocycles. The average molecular weight is 321 g/mol. The number of phenolic OH excluding ortho intramolecular Hbond substituents is 2. The Morgan fingerprint density at radius 1 is 0.792 bits per heavy atom. The van der Waals surface area contributed by atoms with Crippen molar-refractivity contribution >= 4 is 17.9 Å². The number of ketones is 1. The average Bonchev–Trinajstić information content (AvgIpc) is 2.56. The van der Waals surface area contributed by atoms with E-state index < -0.39 is 0 Å². The monoisotopic (exact) mass is 321 g/mol. The molecule has 2 N–H and O–H groups in total. The van der Waals surface area contributed by atoms with Gasteiger partial charge in [0, 0.05) is 24.2 Å². The zero-order valence-corrected chi connectivity index (χ0v) is 13.4. The molecule has 24 heavy (non-hydrogen) atoms. The fourth-order valence-corrected chi connectivity index (χ4v) is 2.75. The number of hydrogen-bond acceptors (Lipinski definition) is 4. The highest BCUT2D eigenvalue weighted by atomic mass is 16.3. The molecule has 1 fully saturated rings. The maximum absolute atomic E-state index is 12.8. The van der Waals surface area contributed by atoms with E-state index in [-0.39, 0.29) is 17.3 Å². The number of carbonyl (C=O) groups is 1. The van der Waals surface area contributed by atoms with E-state index in [2.05, 4.69) is 4.90 Å². The lowest BCUT2D eigenvalue weighted by atomic mass is 9.94. The van der Waals surface area contributed by atoms with Crippen LogP contribution in [0.1, 0.15) is 11.1 Å². The molecule has 0 unspecified atom stereocenters. The number of aromatic hydroxyl groups is 2. The third-order valence-corrected chi connectivity index (χ3v) is 3.93. The Labute approximate surface area is 141 Å². The Hall–Kier alpha value is -2.85. The van der Waals surface area contributed by atoms with Crippen LogP contribution in [0.2, 0.25) is 0 Å². The number of benzene rings is 2. The quantitative estimate of drug-likeness (QED) is 0.835. The Balaban J connectivity index is 1.90. The van der Waals surface area contributed by atoms with Gasteiger partial charge in [-0.25, -0.2) is 0 Å². The molecule has 4 nitrogen and oxygen atoms in total. The van der Waals surface area contributed by atoms with Gasteiger partial charge in [-0.3, -0.25) is 9.69 Å². The van der Waals surface area contributed by atoms with Gasteiger partial charge >= 0.3 is 0 Å². The van der Waals surface area contributed by atoms with Crippen molar-refractivity contribution in [2.24, 2.45) is 0 Å². The van der Waals surface area contributed by atoms with Crippen molar-refractivity contribution < 1.29 is 15.0 Å². The first-order valence-electron chi connectivity index (χ1n) is 7.74. The molecular weight excluding hydrogens is 302 g/mol. The second-order valence-electron chi connectivity index (χ2n) is 6.02. The summed E-state index contributed by atoms with van der Waals surface area (Å²) in [6.45, 7) is 1.18. The van der Waals surface area contributed by atoms with Crippen molar-refractivity contribution in [3.8, 4) is 11.5 Å². The molecule has 1 heterocycles. The molecule has 0 bridgehead atoms. The van der Waals surface area contributed by atoms with Crippen molar-refractivity contribution in [3.05, 3.63) is 70.8 Å². The van der Waals surface area contributed by atoms with E-state index in [9.17, 15) is 15.0 Å². The second-order valence-corrected chi connectivity index (χ2v) is 6.02. The number of nitrogens with zero attached hydrogens (tertiary/aromatic N) is 1. The molecule has 4 heteroatoms. The van der Waals surface area contributed by atoms with Crippen LogP contribution in [-0.4, -0.2) is 41.0 Å². The van der Waals surface area contributed by atoms with E-state index in [0.29, 0.717) is 13.1 Å². The van der Waals surface area contributed by atoms with Crippen molar-refractivity contribution in [1.29, 1.82) is 0 Å². The number of hydrogen-bond donors (Lipinski definition) is 2. The van der Waals surface area contributed by atoms with E-state index in [1.165, 1.54) is 0 Å². The molecule has 1 saturated heterocycles. The minimum atomic E-state index is 0.0363. The van der Waals surface area contributed by atoms with Crippen LogP contribution in [-0.2, 0) is 4.79 Å². The topological polar surface area (TPSA) is 60.8 Å². The first-order valence-corrected chi connectivity index (χ1v) is 7.74. The van der Waals surface area contributed by atoms with E-state index in [0.717, 1.165) is 22.3 Å². The summed E-state index contributed by atoms with van der Waals surface area (Å²) in [5.74, 6) is 0.448. The van der Waals surface area contributed by atoms with Gasteiger partial charge in [0.05, 0.1) is 0 Å². The lowest BCUT2D eigenvalue weighted by Gasteiger charge is -2.26. The van der Waals surface area contributed by atoms with E-state index in [1.54, 1.807) is 48.5 Å². The van der Waals surface area contributed by atoms with Crippen LogP contribution in [0.3, 0.4) is 0 Å². The minimum Gasteiger partial charge on any atom is -0.508 e. The van der Waals surface area contributed by atoms with Crippen molar-refractivity contribution in [2.45, 2.75) is 0 Å². The predicted octanol–water partition coefficient (Wildman–Crippen LogP) is 3.08. The number of likely N-dealkylation sites (tertiary alicyclic amines) is 1. The van der Waals surface area contributed by atoms with Crippen LogP contribution in [0, 0.1) is 0 Å². The molecule has 0 spiro atoms. The summed E-state index contributed by atoms with van der Waals surface area (Å²) in [5, 5.41) is 18.7. The number of carbonyl (C=O) groups excluding carboxylic acids is 1. The van der Waals surface area contributed by atoms with Crippen LogP contribution >= 0.6 is 0 Å². The van der Waals surface area contributed by atoms with Gasteiger partial charge in [-0.05, 0) is 54.6 Å². The summed E-state index contributed by atoms with van der Waals surface area (Å²) in [6, 6.07) is 13.6. The maximum Gasteiger partial charge on any atom is 0.187 e. The van der Waals surface area contributed by atoms with Gasteiger partial charge in [0.15, 0.2) is 5.78 Å². The molecule has 0 aliphatic carbocycles. The molecule has 3 rings (SSSR count). The molecule has 2 aromatic rings. The lowest BCUT2D eigenvalue weighted by Crippen LogP contribution is -2.34. The molecule has 0 saturated carbocycles. The summed E-state index contributed by atoms with van der Waals surface area (Å²) < 4.78 is 0. The SMILES string of the molecule is CN1CC(=Cc2ccc(O)cc2)C(=O)C(=Cc2ccc(O)cc2)C1. The summed E-state index contributed by atoms with van der Waals surface area (Å²) in [6.07, 6.45) is 3.73. The molecule has 1 aliphatic rings. The number of piperidine rings is 1. The minimum absolute atomic E-state index is 0.0363. The van der Waals surface area contributed by atoms with E-state index in [4.69, 9.17) is 0 Å². The van der Waals surface area contributed by atoms with E-state index in [1.807, 2.05) is 19.2 Å². The van der Waals surface area contributed by atoms with Crippen molar-refractivity contribution in [1.82, 2.24) is 4.90 Å². The highest BCUT2D eigenvalue weighted by Gasteiger charge is 2.23. The first-order chi connectivity index (χ1) is 11.5. The Bertz CT molecular complexity index is 734. The summed E-state index contributed by atoms with van der Waals surface area (Å²) in [5.41, 5.74) is 3.21. The van der Waals surface area contributed by atoms with Crippen LogP contribution < -0.4 is 0 Å². The molecule has 0 atom stereocenters. The first kappa shape index (κ1) is 16.0. The summed E-state index contributed by atoms with van der Waals surface area (Å²) >= 11 is 0. The van der Waals surface area contributed by atoms with E-state index >= 15 is 0 Å². The van der Waals surface area contributed by atoms with Crippen molar-refractivity contribution in [3.63, 3.8) is 0 Å². The normalized spacial score (nSPS) is 19.1. The second kappa shape index (κ2) is 6.72. The number of Topliss-reactive ketones (excluding diaryl/α,β-unsaturated/α-hetero) is 1. The molecular formula is C20H19NO3. The summed E-state index contributed by atoms with van der Waals surface area (Å²) in [7, 11) is 1.97. The molecule has 2 aromatic carbocycles. The fourth-order valence-electron chi connectivity index (χ4n) is 2.75. The zero-order valence-electron chi connectivity index (χ0n) is 13.4. The highest BCUT2D eigenvalue weighted by Crippen LogP contribution is 2.22. The van der Waals surface area contributed by atoms with Gasteiger partial charge in [-0.2, -0.15) is 0 Å². The Morgan fingerprint density at radius 3 is 1.54 bits per heavy atom. The molecule has 122 valence electrons. The third kappa shape index (κ3) is 3.73. The lowest BCUT2D eigenvalue weighted by molar-refractivity contribution is -0.113. The fraction of sp³-hybridized carbons (Fsp3) is 0.150. The number of rotatable bonds is 2. The maximum atomic E-state index is 12.8. The van der Waals surface area contributed by atoms with Crippen LogP contribution in [0.5, 0.6) is 11.5 Å². The standard InChI is InChI=1S/C20H19NO3/c1-21-12-16(10-14-2-6-18(22)7-3-14)20(24)17(13-21)11-15-4-8-19(23)9-5-15/h2-11,22-23H,12-13H2,1H3. The molecule has 0 radical (unpaired) electrons. The Kier molecular flexibility index (Phi) is 4.49. The van der Waals surface area contributed by atoms with Gasteiger partial charge in [0.1, 0.15) is 11.5 Å². The molecule has 0 amide bonds. The number of likely N-dealkylation sites (N-methyl/N-ethyl adjacent to an activating group) is 1. The van der Waals surface area contributed by atoms with Crippen LogP contribution in [0.25, 0.3) is 12.2 Å². The smallest absolute Gasteiger partial charge is 0.187 e. The Morgan fingerprint density at radius 2 is 1.17 bits per heavy atom. The van der Waals surface area contributed by atoms with Crippen LogP contribution in [0.15, 0.2) is 59.7 Å². The van der Waals surface area contributed by atoms with Gasteiger partial charge < -0.3 is 10.2 Å². The van der Waals surface area contributed by atoms with Crippen molar-refractivity contribution in [2.75, 3.05) is 20.1 Å². The van der Waals surface area contributed by atoms with Gasteiger partial charge in [-0.15, -0.1) is 0 Å². The van der Waals surface area contributed by atoms with Gasteiger partial charge in [0.2, 0.25) is 0 Å². The van der Waals surface area contributed by atoms with Crippen LogP contribution in [0.4, 0.5) is 0 Å². The van der Waals surface area contributed by atoms with Gasteiger partial charge in [-0.1, -0.05) is 24.3 Å². The highest BCUT2D eigenvalue weighted by molar-refractivity contribution is 6.14. The predicted molar refractivity (Wildman–Crippen MR) is 94.7 cm³/mol. The zero-order chi connectivity index (χ0) is 17.1. The third-order valence-electron chi connectivity index (χ3n) is 3.93. The largest absolute Gasteiger partial charge is 0.508 e. The summed E-state index contributed by atoms with van der Waals surface area (Å²) in [4.78, 5) is 14.8. The number of phenols is 2. The molecule has 1 aliphatic heterocycles.